The van der Waals surface area contributed by atoms with Crippen molar-refractivity contribution < 1.29 is 8.42 Å². The van der Waals surface area contributed by atoms with Crippen molar-refractivity contribution in [3.63, 3.8) is 0 Å². The highest BCUT2D eigenvalue weighted by Crippen LogP contribution is 2.17. The van der Waals surface area contributed by atoms with Crippen molar-refractivity contribution in [2.75, 3.05) is 0 Å². The third-order valence-electron chi connectivity index (χ3n) is 1.50. The summed E-state index contributed by atoms with van der Waals surface area (Å²) in [5.74, 6) is 0. The third kappa shape index (κ3) is 2.71. The largest absolute Gasteiger partial charge is 0.257 e. The summed E-state index contributed by atoms with van der Waals surface area (Å²) < 4.78 is 21.3. The first-order valence-corrected chi connectivity index (χ1v) is 5.31. The van der Waals surface area contributed by atoms with Crippen molar-refractivity contribution in [2.24, 2.45) is 0 Å². The van der Waals surface area contributed by atoms with Gasteiger partial charge in [-0.1, -0.05) is 12.5 Å². The average molecular weight is 183 g/mol. The summed E-state index contributed by atoms with van der Waals surface area (Å²) in [5.41, 5.74) is 0.815. The zero-order valence-corrected chi connectivity index (χ0v) is 7.88. The minimum atomic E-state index is -3.46. The van der Waals surface area contributed by atoms with E-state index in [-0.39, 0.29) is 4.91 Å². The highest BCUT2D eigenvalue weighted by molar-refractivity contribution is 8.16. The number of rotatable bonds is 2. The monoisotopic (exact) mass is 182 g/mol. The number of hydrogen-bond donors (Lipinski definition) is 0. The standard InChI is InChI=1S/C6H11ClO2S/c1-4-5(2)6(3)10(7,8)9/h4H2,1-3H3. The molecule has 0 saturated carbocycles. The molecule has 0 N–H and O–H groups in total. The van der Waals surface area contributed by atoms with E-state index in [1.807, 2.05) is 6.92 Å². The molecule has 0 atom stereocenters. The maximum absolute atomic E-state index is 10.6. The Morgan fingerprint density at radius 2 is 1.80 bits per heavy atom. The van der Waals surface area contributed by atoms with E-state index in [9.17, 15) is 8.42 Å². The van der Waals surface area contributed by atoms with E-state index in [1.54, 1.807) is 6.92 Å². The van der Waals surface area contributed by atoms with Gasteiger partial charge >= 0.3 is 0 Å². The molecule has 0 fully saturated rings. The minimum absolute atomic E-state index is 0.275. The molecule has 0 aromatic rings. The summed E-state index contributed by atoms with van der Waals surface area (Å²) in [6, 6.07) is 0. The molecule has 0 aliphatic carbocycles. The molecule has 10 heavy (non-hydrogen) atoms. The summed E-state index contributed by atoms with van der Waals surface area (Å²) in [5, 5.41) is 0. The Morgan fingerprint density at radius 3 is 1.90 bits per heavy atom. The molecule has 0 aromatic heterocycles. The Morgan fingerprint density at radius 1 is 1.40 bits per heavy atom. The van der Waals surface area contributed by atoms with Gasteiger partial charge in [0.2, 0.25) is 0 Å². The fourth-order valence-electron chi connectivity index (χ4n) is 0.457. The first kappa shape index (κ1) is 9.98. The Balaban J connectivity index is 4.84. The molecule has 0 amide bonds. The second-order valence-corrected chi connectivity index (χ2v) is 4.83. The number of hydrogen-bond acceptors (Lipinski definition) is 2. The van der Waals surface area contributed by atoms with Crippen LogP contribution in [0, 0.1) is 0 Å². The highest BCUT2D eigenvalue weighted by Gasteiger charge is 2.09. The average Bonchev–Trinajstić information content (AvgIpc) is 1.83. The van der Waals surface area contributed by atoms with Crippen LogP contribution < -0.4 is 0 Å². The van der Waals surface area contributed by atoms with Gasteiger partial charge in [-0.15, -0.1) is 0 Å². The second kappa shape index (κ2) is 3.39. The summed E-state index contributed by atoms with van der Waals surface area (Å²) >= 11 is 0. The molecule has 2 nitrogen and oxygen atoms in total. The van der Waals surface area contributed by atoms with Crippen LogP contribution in [-0.4, -0.2) is 8.42 Å². The molecule has 0 heterocycles. The van der Waals surface area contributed by atoms with Crippen LogP contribution in [0.15, 0.2) is 10.5 Å². The highest BCUT2D eigenvalue weighted by atomic mass is 35.7. The molecular weight excluding hydrogens is 172 g/mol. The van der Waals surface area contributed by atoms with Crippen LogP contribution >= 0.6 is 10.7 Å². The molecule has 0 bridgehead atoms. The lowest BCUT2D eigenvalue weighted by Crippen LogP contribution is -1.93. The van der Waals surface area contributed by atoms with Gasteiger partial charge in [0.25, 0.3) is 9.05 Å². The van der Waals surface area contributed by atoms with Crippen molar-refractivity contribution in [3.05, 3.63) is 10.5 Å². The molecule has 0 saturated heterocycles. The van der Waals surface area contributed by atoms with E-state index >= 15 is 0 Å². The lowest BCUT2D eigenvalue weighted by atomic mass is 10.2. The lowest BCUT2D eigenvalue weighted by molar-refractivity contribution is 0.614. The Bertz CT molecular complexity index is 238. The van der Waals surface area contributed by atoms with Gasteiger partial charge in [0.1, 0.15) is 0 Å². The third-order valence-corrected chi connectivity index (χ3v) is 3.27. The molecule has 0 unspecified atom stereocenters. The van der Waals surface area contributed by atoms with Crippen LogP contribution in [0.25, 0.3) is 0 Å². The van der Waals surface area contributed by atoms with Crippen LogP contribution in [0.2, 0.25) is 0 Å². The smallest absolute Gasteiger partial charge is 0.207 e. The van der Waals surface area contributed by atoms with Gasteiger partial charge in [-0.25, -0.2) is 8.42 Å². The fraction of sp³-hybridized carbons (Fsp3) is 0.667. The lowest BCUT2D eigenvalue weighted by Gasteiger charge is -1.99. The van der Waals surface area contributed by atoms with Gasteiger partial charge in [-0.05, 0) is 20.3 Å². The predicted molar refractivity (Wildman–Crippen MR) is 43.4 cm³/mol. The number of halogens is 1. The molecule has 0 spiro atoms. The molecule has 0 aliphatic rings. The molecule has 0 aromatic carbocycles. The second-order valence-electron chi connectivity index (χ2n) is 2.13. The maximum Gasteiger partial charge on any atom is 0.257 e. The normalized spacial score (nSPS) is 14.8. The molecule has 0 radical (unpaired) electrons. The van der Waals surface area contributed by atoms with Gasteiger partial charge in [0, 0.05) is 10.7 Å². The van der Waals surface area contributed by atoms with Gasteiger partial charge < -0.3 is 0 Å². The van der Waals surface area contributed by atoms with Crippen molar-refractivity contribution >= 4 is 19.7 Å². The first-order chi connectivity index (χ1) is 4.39. The SMILES string of the molecule is CCC(C)=C(C)S(=O)(=O)Cl. The van der Waals surface area contributed by atoms with Crippen LogP contribution in [0.5, 0.6) is 0 Å². The van der Waals surface area contributed by atoms with E-state index in [0.29, 0.717) is 0 Å². The maximum atomic E-state index is 10.6. The van der Waals surface area contributed by atoms with E-state index in [2.05, 4.69) is 0 Å². The van der Waals surface area contributed by atoms with Gasteiger partial charge in [-0.2, -0.15) is 0 Å². The summed E-state index contributed by atoms with van der Waals surface area (Å²) in [6.45, 7) is 5.16. The summed E-state index contributed by atoms with van der Waals surface area (Å²) in [4.78, 5) is 0.275. The van der Waals surface area contributed by atoms with Crippen LogP contribution in [0.4, 0.5) is 0 Å². The van der Waals surface area contributed by atoms with Gasteiger partial charge in [0.15, 0.2) is 0 Å². The van der Waals surface area contributed by atoms with Crippen molar-refractivity contribution in [1.29, 1.82) is 0 Å². The van der Waals surface area contributed by atoms with E-state index < -0.39 is 9.05 Å². The Kier molecular flexibility index (Phi) is 3.39. The Labute approximate surface area is 66.3 Å². The van der Waals surface area contributed by atoms with Crippen LogP contribution in [-0.2, 0) is 9.05 Å². The van der Waals surface area contributed by atoms with Crippen LogP contribution in [0.1, 0.15) is 27.2 Å². The molecule has 0 aliphatic heterocycles. The topological polar surface area (TPSA) is 34.1 Å². The zero-order chi connectivity index (χ0) is 8.36. The predicted octanol–water partition coefficient (Wildman–Crippen LogP) is 2.26. The molecular formula is C6H11ClO2S. The molecule has 0 rings (SSSR count). The van der Waals surface area contributed by atoms with Crippen molar-refractivity contribution in [1.82, 2.24) is 0 Å². The Hall–Kier alpha value is -0.0200. The van der Waals surface area contributed by atoms with E-state index in [1.165, 1.54) is 6.92 Å². The van der Waals surface area contributed by atoms with E-state index in [4.69, 9.17) is 10.7 Å². The van der Waals surface area contributed by atoms with Gasteiger partial charge in [-0.3, -0.25) is 0 Å². The molecule has 60 valence electrons. The van der Waals surface area contributed by atoms with Crippen molar-refractivity contribution in [3.8, 4) is 0 Å². The fourth-order valence-corrected chi connectivity index (χ4v) is 1.41. The first-order valence-electron chi connectivity index (χ1n) is 3.00. The van der Waals surface area contributed by atoms with Gasteiger partial charge in [0.05, 0.1) is 4.91 Å². The summed E-state index contributed by atoms with van der Waals surface area (Å²) in [7, 11) is 1.61. The summed E-state index contributed by atoms with van der Waals surface area (Å²) in [6.07, 6.45) is 0.720. The molecule has 4 heteroatoms. The zero-order valence-electron chi connectivity index (χ0n) is 6.31. The van der Waals surface area contributed by atoms with E-state index in [0.717, 1.165) is 12.0 Å². The van der Waals surface area contributed by atoms with Crippen LogP contribution in [0.3, 0.4) is 0 Å². The minimum Gasteiger partial charge on any atom is -0.207 e. The van der Waals surface area contributed by atoms with Crippen molar-refractivity contribution in [2.45, 2.75) is 27.2 Å². The quantitative estimate of drug-likeness (QED) is 0.614. The number of allylic oxidation sites excluding steroid dienone is 2.